The number of benzene rings is 1. The Morgan fingerprint density at radius 2 is 2.05 bits per heavy atom. The normalized spacial score (nSPS) is 19.3. The van der Waals surface area contributed by atoms with Crippen molar-refractivity contribution in [3.05, 3.63) is 55.7 Å². The third-order valence-corrected chi connectivity index (χ3v) is 6.15. The van der Waals surface area contributed by atoms with Crippen molar-refractivity contribution in [2.45, 2.75) is 37.6 Å². The number of nitrogens with one attached hydrogen (secondary N) is 1. The molecule has 0 aliphatic heterocycles. The Morgan fingerprint density at radius 1 is 1.29 bits per heavy atom. The van der Waals surface area contributed by atoms with Crippen molar-refractivity contribution >= 4 is 34.5 Å². The monoisotopic (exact) mass is 339 g/mol. The highest BCUT2D eigenvalue weighted by molar-refractivity contribution is 7.10. The molecule has 0 saturated heterocycles. The van der Waals surface area contributed by atoms with Crippen LogP contribution in [0.25, 0.3) is 0 Å². The van der Waals surface area contributed by atoms with E-state index in [1.54, 1.807) is 4.88 Å². The lowest BCUT2D eigenvalue weighted by Gasteiger charge is -2.31. The van der Waals surface area contributed by atoms with E-state index in [0.29, 0.717) is 12.0 Å². The van der Waals surface area contributed by atoms with Crippen molar-refractivity contribution in [2.24, 2.45) is 0 Å². The fraction of sp³-hybridized carbons (Fsp3) is 0.412. The molecule has 0 fully saturated rings. The highest BCUT2D eigenvalue weighted by atomic mass is 35.5. The second-order valence-corrected chi connectivity index (χ2v) is 7.41. The molecule has 0 saturated carbocycles. The molecule has 2 unspecified atom stereocenters. The van der Waals surface area contributed by atoms with Crippen LogP contribution in [-0.4, -0.2) is 13.1 Å². The molecule has 0 spiro atoms. The van der Waals surface area contributed by atoms with E-state index in [2.05, 4.69) is 16.8 Å². The summed E-state index contributed by atoms with van der Waals surface area (Å²) in [4.78, 5) is 1.55. The van der Waals surface area contributed by atoms with E-state index in [1.165, 1.54) is 24.8 Å². The van der Waals surface area contributed by atoms with Crippen LogP contribution in [0, 0.1) is 0 Å². The van der Waals surface area contributed by atoms with Gasteiger partial charge >= 0.3 is 0 Å². The van der Waals surface area contributed by atoms with Gasteiger partial charge < -0.3 is 5.32 Å². The molecule has 3 rings (SSSR count). The van der Waals surface area contributed by atoms with E-state index in [4.69, 9.17) is 23.2 Å². The third-order valence-electron chi connectivity index (χ3n) is 4.44. The van der Waals surface area contributed by atoms with Gasteiger partial charge in [-0.1, -0.05) is 29.3 Å². The Hall–Kier alpha value is -0.540. The van der Waals surface area contributed by atoms with E-state index < -0.39 is 0 Å². The molecule has 1 aromatic heterocycles. The van der Waals surface area contributed by atoms with Gasteiger partial charge in [-0.05, 0) is 67.4 Å². The van der Waals surface area contributed by atoms with Gasteiger partial charge in [-0.3, -0.25) is 0 Å². The maximum Gasteiger partial charge on any atom is 0.0453 e. The van der Waals surface area contributed by atoms with Gasteiger partial charge in [0.2, 0.25) is 0 Å². The van der Waals surface area contributed by atoms with Gasteiger partial charge in [0.1, 0.15) is 0 Å². The zero-order valence-corrected chi connectivity index (χ0v) is 14.4. The van der Waals surface area contributed by atoms with Gasteiger partial charge in [0, 0.05) is 26.9 Å². The summed E-state index contributed by atoms with van der Waals surface area (Å²) in [5.41, 5.74) is 2.58. The third kappa shape index (κ3) is 3.14. The van der Waals surface area contributed by atoms with Gasteiger partial charge in [-0.2, -0.15) is 0 Å². The lowest BCUT2D eigenvalue weighted by atomic mass is 9.80. The number of fused-ring (bicyclic) bond motifs is 1. The second kappa shape index (κ2) is 6.70. The smallest absolute Gasteiger partial charge is 0.0453 e. The number of halogens is 2. The van der Waals surface area contributed by atoms with E-state index in [1.807, 2.05) is 36.6 Å². The molecule has 1 nitrogen and oxygen atoms in total. The number of hydrogen-bond acceptors (Lipinski definition) is 2. The molecule has 0 bridgehead atoms. The highest BCUT2D eigenvalue weighted by Gasteiger charge is 2.28. The van der Waals surface area contributed by atoms with Crippen molar-refractivity contribution in [2.75, 3.05) is 7.05 Å². The van der Waals surface area contributed by atoms with E-state index in [0.717, 1.165) is 22.0 Å². The van der Waals surface area contributed by atoms with Gasteiger partial charge in [-0.15, -0.1) is 11.3 Å². The molecular weight excluding hydrogens is 321 g/mol. The average Bonchev–Trinajstić information content (AvgIpc) is 2.96. The zero-order chi connectivity index (χ0) is 14.8. The Balaban J connectivity index is 1.87. The summed E-state index contributed by atoms with van der Waals surface area (Å²) >= 11 is 14.6. The highest BCUT2D eigenvalue weighted by Crippen LogP contribution is 2.38. The molecule has 1 aliphatic carbocycles. The van der Waals surface area contributed by atoms with Crippen LogP contribution in [0.4, 0.5) is 0 Å². The van der Waals surface area contributed by atoms with Crippen LogP contribution in [0.15, 0.2) is 29.6 Å². The van der Waals surface area contributed by atoms with Crippen LogP contribution in [-0.2, 0) is 12.8 Å². The molecule has 4 heteroatoms. The molecule has 0 radical (unpaired) electrons. The number of likely N-dealkylation sites (N-methyl/N-ethyl adjacent to an activating group) is 1. The molecule has 1 heterocycles. The molecule has 2 atom stereocenters. The lowest BCUT2D eigenvalue weighted by Crippen LogP contribution is -2.35. The van der Waals surface area contributed by atoms with Crippen LogP contribution < -0.4 is 5.32 Å². The Labute approximate surface area is 140 Å². The summed E-state index contributed by atoms with van der Waals surface area (Å²) in [6.45, 7) is 0. The molecule has 1 N–H and O–H groups in total. The fourth-order valence-corrected chi connectivity index (χ4v) is 4.88. The molecule has 0 amide bonds. The topological polar surface area (TPSA) is 12.0 Å². The Morgan fingerprint density at radius 3 is 2.76 bits per heavy atom. The maximum atomic E-state index is 6.34. The van der Waals surface area contributed by atoms with Crippen LogP contribution in [0.1, 0.15) is 34.8 Å². The molecule has 21 heavy (non-hydrogen) atoms. The fourth-order valence-electron chi connectivity index (χ4n) is 3.33. The molecule has 1 aromatic carbocycles. The van der Waals surface area contributed by atoms with E-state index in [9.17, 15) is 0 Å². The first-order valence-electron chi connectivity index (χ1n) is 7.37. The zero-order valence-electron chi connectivity index (χ0n) is 12.0. The van der Waals surface area contributed by atoms with E-state index in [-0.39, 0.29) is 0 Å². The largest absolute Gasteiger partial charge is 0.316 e. The first-order valence-corrected chi connectivity index (χ1v) is 9.00. The molecular formula is C17H19Cl2NS. The van der Waals surface area contributed by atoms with Crippen LogP contribution in [0.5, 0.6) is 0 Å². The summed E-state index contributed by atoms with van der Waals surface area (Å²) in [6.07, 6.45) is 4.60. The quantitative estimate of drug-likeness (QED) is 0.796. The summed E-state index contributed by atoms with van der Waals surface area (Å²) in [7, 11) is 2.04. The number of aryl methyl sites for hydroxylation is 1. The SMILES string of the molecule is CNC(Cc1c(Cl)cccc1Cl)C1CCCc2sccc21. The van der Waals surface area contributed by atoms with Crippen LogP contribution in [0.2, 0.25) is 10.0 Å². The summed E-state index contributed by atoms with van der Waals surface area (Å²) in [6, 6.07) is 8.41. The standard InChI is InChI=1S/C17H19Cl2NS/c1-20-16(10-13-14(18)5-3-6-15(13)19)11-4-2-7-17-12(11)8-9-21-17/h3,5-6,8-9,11,16,20H,2,4,7,10H2,1H3. The predicted octanol–water partition coefficient (Wildman–Crippen LogP) is 5.31. The number of rotatable bonds is 4. The molecule has 1 aliphatic rings. The summed E-state index contributed by atoms with van der Waals surface area (Å²) in [5, 5.41) is 7.25. The number of hydrogen-bond donors (Lipinski definition) is 1. The Kier molecular flexibility index (Phi) is 4.90. The van der Waals surface area contributed by atoms with Crippen LogP contribution >= 0.6 is 34.5 Å². The van der Waals surface area contributed by atoms with Gasteiger partial charge in [0.15, 0.2) is 0 Å². The average molecular weight is 340 g/mol. The lowest BCUT2D eigenvalue weighted by molar-refractivity contribution is 0.414. The Bertz CT molecular complexity index is 603. The van der Waals surface area contributed by atoms with Crippen molar-refractivity contribution in [1.29, 1.82) is 0 Å². The van der Waals surface area contributed by atoms with Crippen LogP contribution in [0.3, 0.4) is 0 Å². The van der Waals surface area contributed by atoms with Crippen molar-refractivity contribution in [3.8, 4) is 0 Å². The summed E-state index contributed by atoms with van der Waals surface area (Å²) < 4.78 is 0. The maximum absolute atomic E-state index is 6.34. The minimum atomic E-state index is 0.371. The van der Waals surface area contributed by atoms with Gasteiger partial charge in [-0.25, -0.2) is 0 Å². The summed E-state index contributed by atoms with van der Waals surface area (Å²) in [5.74, 6) is 0.553. The second-order valence-electron chi connectivity index (χ2n) is 5.60. The minimum Gasteiger partial charge on any atom is -0.316 e. The van der Waals surface area contributed by atoms with E-state index >= 15 is 0 Å². The van der Waals surface area contributed by atoms with Crippen molar-refractivity contribution in [3.63, 3.8) is 0 Å². The van der Waals surface area contributed by atoms with Crippen molar-refractivity contribution < 1.29 is 0 Å². The first-order chi connectivity index (χ1) is 10.2. The number of thiophene rings is 1. The molecule has 112 valence electrons. The first kappa shape index (κ1) is 15.4. The van der Waals surface area contributed by atoms with Crippen molar-refractivity contribution in [1.82, 2.24) is 5.32 Å². The van der Waals surface area contributed by atoms with Gasteiger partial charge in [0.25, 0.3) is 0 Å². The minimum absolute atomic E-state index is 0.371. The molecule has 2 aromatic rings. The van der Waals surface area contributed by atoms with Gasteiger partial charge in [0.05, 0.1) is 0 Å². The predicted molar refractivity (Wildman–Crippen MR) is 93.0 cm³/mol.